The van der Waals surface area contributed by atoms with Gasteiger partial charge in [-0.05, 0) is 31.5 Å². The minimum atomic E-state index is -1.11. The van der Waals surface area contributed by atoms with E-state index >= 15 is 0 Å². The monoisotopic (exact) mass is 303 g/mol. The van der Waals surface area contributed by atoms with Crippen LogP contribution in [0.1, 0.15) is 32.4 Å². The lowest BCUT2D eigenvalue weighted by atomic mass is 10.0. The summed E-state index contributed by atoms with van der Waals surface area (Å²) in [5, 5.41) is 9.99. The number of hydrogen-bond acceptors (Lipinski definition) is 2. The molecule has 0 aliphatic heterocycles. The largest absolute Gasteiger partial charge is 0.479 e. The Kier molecular flexibility index (Phi) is 5.20. The lowest BCUT2D eigenvalue weighted by molar-refractivity contribution is -0.151. The van der Waals surface area contributed by atoms with E-state index in [1.54, 1.807) is 19.9 Å². The van der Waals surface area contributed by atoms with Gasteiger partial charge >= 0.3 is 5.97 Å². The van der Waals surface area contributed by atoms with Gasteiger partial charge in [0.2, 0.25) is 5.91 Å². The van der Waals surface area contributed by atoms with E-state index in [-0.39, 0.29) is 17.0 Å². The van der Waals surface area contributed by atoms with Crippen LogP contribution in [-0.4, -0.2) is 27.9 Å². The fourth-order valence-electron chi connectivity index (χ4n) is 1.95. The molecule has 0 aliphatic rings. The summed E-state index contributed by atoms with van der Waals surface area (Å²) >= 11 is 11.7. The normalized spacial score (nSPS) is 12.3. The maximum absolute atomic E-state index is 11.7. The highest BCUT2D eigenvalue weighted by atomic mass is 35.5. The minimum Gasteiger partial charge on any atom is -0.479 e. The Morgan fingerprint density at radius 2 is 1.79 bits per heavy atom. The van der Waals surface area contributed by atoms with E-state index in [4.69, 9.17) is 23.2 Å². The van der Waals surface area contributed by atoms with Crippen molar-refractivity contribution in [2.45, 2.75) is 32.9 Å². The van der Waals surface area contributed by atoms with Crippen LogP contribution in [0.25, 0.3) is 0 Å². The zero-order valence-corrected chi connectivity index (χ0v) is 12.4. The van der Waals surface area contributed by atoms with Crippen LogP contribution in [0.4, 0.5) is 0 Å². The number of halogens is 2. The number of aliphatic carboxylic acids is 1. The lowest BCUT2D eigenvalue weighted by Gasteiger charge is -2.32. The molecule has 0 saturated heterocycles. The summed E-state index contributed by atoms with van der Waals surface area (Å²) < 4.78 is 0. The number of nitrogens with zero attached hydrogens (tertiary/aromatic N) is 1. The highest BCUT2D eigenvalue weighted by Gasteiger charge is 2.31. The maximum Gasteiger partial charge on any atom is 0.331 e. The molecule has 1 aromatic carbocycles. The molecule has 1 N–H and O–H groups in total. The van der Waals surface area contributed by atoms with Crippen molar-refractivity contribution >= 4 is 35.1 Å². The molecule has 0 fully saturated rings. The van der Waals surface area contributed by atoms with Crippen LogP contribution in [0, 0.1) is 0 Å². The summed E-state index contributed by atoms with van der Waals surface area (Å²) in [6, 6.07) is 3.24. The number of amides is 1. The zero-order chi connectivity index (χ0) is 14.7. The molecule has 0 aromatic heterocycles. The van der Waals surface area contributed by atoms with E-state index in [2.05, 4.69) is 0 Å². The van der Waals surface area contributed by atoms with Crippen LogP contribution in [0.2, 0.25) is 10.0 Å². The summed E-state index contributed by atoms with van der Waals surface area (Å²) in [7, 11) is 0. The molecule has 1 unspecified atom stereocenters. The van der Waals surface area contributed by atoms with E-state index in [9.17, 15) is 14.7 Å². The number of carboxylic acid groups (broad SMARTS) is 1. The zero-order valence-electron chi connectivity index (χ0n) is 10.9. The highest BCUT2D eigenvalue weighted by molar-refractivity contribution is 6.42. The predicted octanol–water partition coefficient (Wildman–Crippen LogP) is 3.38. The number of carbonyl (C=O) groups excluding carboxylic acids is 1. The molecule has 4 nitrogen and oxygen atoms in total. The van der Waals surface area contributed by atoms with Gasteiger partial charge in [0, 0.05) is 13.0 Å². The molecular formula is C13H15Cl2NO3. The second-order valence-electron chi connectivity index (χ2n) is 4.43. The third-order valence-electron chi connectivity index (χ3n) is 2.69. The lowest BCUT2D eigenvalue weighted by Crippen LogP contribution is -2.42. The molecule has 1 amide bonds. The van der Waals surface area contributed by atoms with Crippen molar-refractivity contribution in [3.63, 3.8) is 0 Å². The minimum absolute atomic E-state index is 0.243. The predicted molar refractivity (Wildman–Crippen MR) is 74.5 cm³/mol. The van der Waals surface area contributed by atoms with Crippen molar-refractivity contribution < 1.29 is 14.7 Å². The van der Waals surface area contributed by atoms with Gasteiger partial charge in [0.1, 0.15) is 0 Å². The van der Waals surface area contributed by atoms with Crippen molar-refractivity contribution in [3.05, 3.63) is 33.8 Å². The van der Waals surface area contributed by atoms with Gasteiger partial charge in [0.15, 0.2) is 6.04 Å². The first-order chi connectivity index (χ1) is 8.75. The van der Waals surface area contributed by atoms with Gasteiger partial charge in [-0.25, -0.2) is 4.79 Å². The van der Waals surface area contributed by atoms with Crippen LogP contribution in [0.5, 0.6) is 0 Å². The van der Waals surface area contributed by atoms with Crippen molar-refractivity contribution in [1.82, 2.24) is 4.90 Å². The Balaban J connectivity index is 3.30. The van der Waals surface area contributed by atoms with Gasteiger partial charge in [-0.1, -0.05) is 29.3 Å². The third kappa shape index (κ3) is 3.61. The number of rotatable bonds is 4. The topological polar surface area (TPSA) is 57.6 Å². The fourth-order valence-corrected chi connectivity index (χ4v) is 2.25. The fraction of sp³-hybridized carbons (Fsp3) is 0.385. The van der Waals surface area contributed by atoms with E-state index in [0.717, 1.165) is 0 Å². The molecule has 1 aromatic rings. The summed E-state index contributed by atoms with van der Waals surface area (Å²) in [5.41, 5.74) is 0.422. The Labute approximate surface area is 121 Å². The molecule has 1 atom stereocenters. The standard InChI is InChI=1S/C13H15Cl2NO3/c1-7(2)16(8(3)17)12(13(18)19)9-4-5-10(14)11(15)6-9/h4-7,12H,1-3H3,(H,18,19). The Bertz CT molecular complexity index is 503. The molecule has 0 spiro atoms. The van der Waals surface area contributed by atoms with E-state index in [0.29, 0.717) is 10.6 Å². The Morgan fingerprint density at radius 1 is 1.21 bits per heavy atom. The van der Waals surface area contributed by atoms with Gasteiger partial charge in [-0.3, -0.25) is 4.79 Å². The molecule has 0 saturated carbocycles. The number of carbonyl (C=O) groups is 2. The maximum atomic E-state index is 11.7. The van der Waals surface area contributed by atoms with Crippen molar-refractivity contribution in [2.24, 2.45) is 0 Å². The van der Waals surface area contributed by atoms with Crippen molar-refractivity contribution in [2.75, 3.05) is 0 Å². The number of benzene rings is 1. The van der Waals surface area contributed by atoms with Crippen LogP contribution in [0.15, 0.2) is 18.2 Å². The highest BCUT2D eigenvalue weighted by Crippen LogP contribution is 2.29. The molecule has 1 rings (SSSR count). The first kappa shape index (κ1) is 15.8. The second kappa shape index (κ2) is 6.26. The third-order valence-corrected chi connectivity index (χ3v) is 3.43. The number of hydrogen-bond donors (Lipinski definition) is 1. The van der Waals surface area contributed by atoms with Crippen LogP contribution in [-0.2, 0) is 9.59 Å². The van der Waals surface area contributed by atoms with Crippen LogP contribution in [0.3, 0.4) is 0 Å². The SMILES string of the molecule is CC(=O)N(C(C)C)C(C(=O)O)c1ccc(Cl)c(Cl)c1. The van der Waals surface area contributed by atoms with Gasteiger partial charge in [0.05, 0.1) is 10.0 Å². The molecule has 0 bridgehead atoms. The first-order valence-electron chi connectivity index (χ1n) is 5.72. The van der Waals surface area contributed by atoms with Gasteiger partial charge < -0.3 is 10.0 Å². The quantitative estimate of drug-likeness (QED) is 0.927. The van der Waals surface area contributed by atoms with Crippen LogP contribution < -0.4 is 0 Å². The van der Waals surface area contributed by atoms with E-state index in [1.807, 2.05) is 0 Å². The van der Waals surface area contributed by atoms with Crippen molar-refractivity contribution in [1.29, 1.82) is 0 Å². The molecule has 0 heterocycles. The average Bonchev–Trinajstić information content (AvgIpc) is 2.28. The molecule has 6 heteroatoms. The van der Waals surface area contributed by atoms with Crippen molar-refractivity contribution in [3.8, 4) is 0 Å². The molecule has 0 aliphatic carbocycles. The summed E-state index contributed by atoms with van der Waals surface area (Å²) in [4.78, 5) is 24.4. The molecule has 104 valence electrons. The summed E-state index contributed by atoms with van der Waals surface area (Å²) in [5.74, 6) is -1.42. The Morgan fingerprint density at radius 3 is 2.16 bits per heavy atom. The smallest absolute Gasteiger partial charge is 0.331 e. The second-order valence-corrected chi connectivity index (χ2v) is 5.25. The first-order valence-corrected chi connectivity index (χ1v) is 6.48. The van der Waals surface area contributed by atoms with E-state index in [1.165, 1.54) is 24.0 Å². The molecule has 19 heavy (non-hydrogen) atoms. The van der Waals surface area contributed by atoms with Gasteiger partial charge in [-0.2, -0.15) is 0 Å². The molecular weight excluding hydrogens is 289 g/mol. The van der Waals surface area contributed by atoms with Gasteiger partial charge in [-0.15, -0.1) is 0 Å². The van der Waals surface area contributed by atoms with E-state index < -0.39 is 12.0 Å². The molecule has 0 radical (unpaired) electrons. The summed E-state index contributed by atoms with van der Waals surface area (Å²) in [6.07, 6.45) is 0. The van der Waals surface area contributed by atoms with Crippen LogP contribution >= 0.6 is 23.2 Å². The number of carboxylic acids is 1. The van der Waals surface area contributed by atoms with Gasteiger partial charge in [0.25, 0.3) is 0 Å². The Hall–Kier alpha value is -1.26. The summed E-state index contributed by atoms with van der Waals surface area (Å²) in [6.45, 7) is 4.86. The average molecular weight is 304 g/mol.